The number of pyridine rings is 1. The van der Waals surface area contributed by atoms with Gasteiger partial charge in [0, 0.05) is 11.9 Å². The topological polar surface area (TPSA) is 97.6 Å². The monoisotopic (exact) mass is 372 g/mol. The molecule has 2 heterocycles. The molecular formula is C20H24N2O5. The van der Waals surface area contributed by atoms with Crippen LogP contribution >= 0.6 is 0 Å². The standard InChI is InChI=1S/C20H24N2O5/c1-11-7-8-13-16-12(11)6-5-9-22(16)19(26)15(17(13)24)18(25)21-10-14(23)27-20(2,3)4/h7-8,24H,5-6,9-10H2,1-4H3,(H,21,25). The SMILES string of the molecule is Cc1ccc2c(O)c(C(=O)NCC(=O)OC(C)(C)C)c(=O)n3c2c1CCC3. The molecule has 0 aliphatic carbocycles. The van der Waals surface area contributed by atoms with Crippen LogP contribution in [-0.2, 0) is 22.5 Å². The van der Waals surface area contributed by atoms with Crippen molar-refractivity contribution in [3.63, 3.8) is 0 Å². The third kappa shape index (κ3) is 3.54. The van der Waals surface area contributed by atoms with Gasteiger partial charge in [-0.25, -0.2) is 0 Å². The molecule has 0 fully saturated rings. The van der Waals surface area contributed by atoms with Crippen LogP contribution in [0.15, 0.2) is 16.9 Å². The fraction of sp³-hybridized carbons (Fsp3) is 0.450. The maximum atomic E-state index is 12.9. The molecule has 27 heavy (non-hydrogen) atoms. The number of hydrogen-bond acceptors (Lipinski definition) is 5. The van der Waals surface area contributed by atoms with Gasteiger partial charge < -0.3 is 19.7 Å². The van der Waals surface area contributed by atoms with Crippen LogP contribution in [0.1, 0.15) is 48.7 Å². The number of hydrogen-bond donors (Lipinski definition) is 2. The number of ether oxygens (including phenoxy) is 1. The normalized spacial score (nSPS) is 13.5. The number of aromatic nitrogens is 1. The summed E-state index contributed by atoms with van der Waals surface area (Å²) in [5.41, 5.74) is 1.19. The first kappa shape index (κ1) is 18.9. The number of benzene rings is 1. The van der Waals surface area contributed by atoms with Crippen molar-refractivity contribution in [1.82, 2.24) is 9.88 Å². The minimum atomic E-state index is -0.790. The number of aromatic hydroxyl groups is 1. The molecular weight excluding hydrogens is 348 g/mol. The maximum absolute atomic E-state index is 12.9. The lowest BCUT2D eigenvalue weighted by atomic mass is 9.95. The van der Waals surface area contributed by atoms with Crippen LogP contribution in [0.5, 0.6) is 5.75 Å². The van der Waals surface area contributed by atoms with Gasteiger partial charge in [0.2, 0.25) is 0 Å². The number of nitrogens with zero attached hydrogens (tertiary/aromatic N) is 1. The lowest BCUT2D eigenvalue weighted by molar-refractivity contribution is -0.153. The lowest BCUT2D eigenvalue weighted by Gasteiger charge is -2.23. The average Bonchev–Trinajstić information content (AvgIpc) is 2.57. The number of carbonyl (C=O) groups excluding carboxylic acids is 2. The van der Waals surface area contributed by atoms with Crippen LogP contribution in [0, 0.1) is 6.92 Å². The number of esters is 1. The van der Waals surface area contributed by atoms with Crippen molar-refractivity contribution in [3.05, 3.63) is 39.2 Å². The van der Waals surface area contributed by atoms with Gasteiger partial charge in [0.25, 0.3) is 11.5 Å². The molecule has 2 N–H and O–H groups in total. The fourth-order valence-electron chi connectivity index (χ4n) is 3.47. The summed E-state index contributed by atoms with van der Waals surface area (Å²) in [5.74, 6) is -1.76. The van der Waals surface area contributed by atoms with E-state index in [1.807, 2.05) is 13.0 Å². The summed E-state index contributed by atoms with van der Waals surface area (Å²) in [6.07, 6.45) is 1.61. The highest BCUT2D eigenvalue weighted by Gasteiger charge is 2.26. The van der Waals surface area contributed by atoms with Crippen LogP contribution in [0.25, 0.3) is 10.9 Å². The van der Waals surface area contributed by atoms with Crippen LogP contribution < -0.4 is 10.9 Å². The van der Waals surface area contributed by atoms with Gasteiger partial charge in [-0.15, -0.1) is 0 Å². The Hall–Kier alpha value is -2.83. The van der Waals surface area contributed by atoms with Crippen molar-refractivity contribution in [3.8, 4) is 5.75 Å². The smallest absolute Gasteiger partial charge is 0.325 e. The molecule has 0 bridgehead atoms. The van der Waals surface area contributed by atoms with E-state index in [0.29, 0.717) is 17.4 Å². The second-order valence-corrected chi connectivity index (χ2v) is 7.81. The first-order chi connectivity index (χ1) is 12.6. The molecule has 1 aliphatic rings. The average molecular weight is 372 g/mol. The van der Waals surface area contributed by atoms with E-state index in [4.69, 9.17) is 4.74 Å². The largest absolute Gasteiger partial charge is 0.506 e. The third-order valence-electron chi connectivity index (χ3n) is 4.59. The highest BCUT2D eigenvalue weighted by atomic mass is 16.6. The third-order valence-corrected chi connectivity index (χ3v) is 4.59. The van der Waals surface area contributed by atoms with Crippen LogP contribution in [0.4, 0.5) is 0 Å². The van der Waals surface area contributed by atoms with E-state index < -0.39 is 23.0 Å². The van der Waals surface area contributed by atoms with E-state index in [1.165, 1.54) is 0 Å². The number of rotatable bonds is 3. The molecule has 0 saturated carbocycles. The fourth-order valence-corrected chi connectivity index (χ4v) is 3.47. The molecule has 1 aliphatic heterocycles. The molecule has 0 radical (unpaired) electrons. The first-order valence-corrected chi connectivity index (χ1v) is 8.98. The van der Waals surface area contributed by atoms with Crippen molar-refractivity contribution in [2.75, 3.05) is 6.54 Å². The van der Waals surface area contributed by atoms with Crippen molar-refractivity contribution < 1.29 is 19.4 Å². The second kappa shape index (κ2) is 6.72. The summed E-state index contributed by atoms with van der Waals surface area (Å²) >= 11 is 0. The van der Waals surface area contributed by atoms with E-state index in [1.54, 1.807) is 31.4 Å². The zero-order chi connectivity index (χ0) is 19.9. The highest BCUT2D eigenvalue weighted by molar-refractivity contribution is 6.03. The van der Waals surface area contributed by atoms with Gasteiger partial charge in [-0.3, -0.25) is 14.4 Å². The molecule has 1 aromatic heterocycles. The molecule has 2 aromatic rings. The summed E-state index contributed by atoms with van der Waals surface area (Å²) in [4.78, 5) is 37.2. The summed E-state index contributed by atoms with van der Waals surface area (Å²) in [5, 5.41) is 13.5. The Morgan fingerprint density at radius 2 is 2.00 bits per heavy atom. The molecule has 7 nitrogen and oxygen atoms in total. The van der Waals surface area contributed by atoms with Gasteiger partial charge in [-0.1, -0.05) is 6.07 Å². The summed E-state index contributed by atoms with van der Waals surface area (Å²) in [6, 6.07) is 3.59. The summed E-state index contributed by atoms with van der Waals surface area (Å²) < 4.78 is 6.68. The van der Waals surface area contributed by atoms with Crippen LogP contribution in [0.3, 0.4) is 0 Å². The van der Waals surface area contributed by atoms with Crippen LogP contribution in [-0.4, -0.2) is 33.7 Å². The quantitative estimate of drug-likeness (QED) is 0.804. The van der Waals surface area contributed by atoms with Crippen molar-refractivity contribution in [2.45, 2.75) is 52.7 Å². The summed E-state index contributed by atoms with van der Waals surface area (Å²) in [6.45, 7) is 7.23. The van der Waals surface area contributed by atoms with Gasteiger partial charge in [0.05, 0.1) is 5.52 Å². The highest BCUT2D eigenvalue weighted by Crippen LogP contribution is 2.33. The van der Waals surface area contributed by atoms with E-state index in [0.717, 1.165) is 24.0 Å². The number of carbonyl (C=O) groups is 2. The van der Waals surface area contributed by atoms with E-state index in [-0.39, 0.29) is 17.9 Å². The van der Waals surface area contributed by atoms with E-state index in [2.05, 4.69) is 5.32 Å². The lowest BCUT2D eigenvalue weighted by Crippen LogP contribution is -2.38. The zero-order valence-corrected chi connectivity index (χ0v) is 16.0. The summed E-state index contributed by atoms with van der Waals surface area (Å²) in [7, 11) is 0. The molecule has 144 valence electrons. The molecule has 1 aromatic carbocycles. The predicted molar refractivity (Wildman–Crippen MR) is 101 cm³/mol. The second-order valence-electron chi connectivity index (χ2n) is 7.81. The molecule has 0 atom stereocenters. The van der Waals surface area contributed by atoms with E-state index in [9.17, 15) is 19.5 Å². The Kier molecular flexibility index (Phi) is 4.71. The number of amides is 1. The molecule has 1 amide bonds. The molecule has 0 saturated heterocycles. The molecule has 0 unspecified atom stereocenters. The van der Waals surface area contributed by atoms with Crippen molar-refractivity contribution >= 4 is 22.8 Å². The van der Waals surface area contributed by atoms with Gasteiger partial charge in [-0.2, -0.15) is 0 Å². The predicted octanol–water partition coefficient (Wildman–Crippen LogP) is 2.03. The Morgan fingerprint density at radius 3 is 2.67 bits per heavy atom. The number of aryl methyl sites for hydroxylation is 3. The van der Waals surface area contributed by atoms with Gasteiger partial charge in [-0.05, 0) is 57.7 Å². The van der Waals surface area contributed by atoms with Gasteiger partial charge >= 0.3 is 5.97 Å². The molecule has 3 rings (SSSR count). The minimum Gasteiger partial charge on any atom is -0.506 e. The van der Waals surface area contributed by atoms with Crippen LogP contribution in [0.2, 0.25) is 0 Å². The first-order valence-electron chi connectivity index (χ1n) is 8.98. The Morgan fingerprint density at radius 1 is 1.30 bits per heavy atom. The Balaban J connectivity index is 1.99. The zero-order valence-electron chi connectivity index (χ0n) is 16.0. The molecule has 0 spiro atoms. The van der Waals surface area contributed by atoms with Gasteiger partial charge in [0.1, 0.15) is 23.5 Å². The van der Waals surface area contributed by atoms with E-state index >= 15 is 0 Å². The Labute approximate surface area is 156 Å². The Bertz CT molecular complexity index is 998. The molecule has 7 heteroatoms. The number of nitrogens with one attached hydrogen (secondary N) is 1. The van der Waals surface area contributed by atoms with Gasteiger partial charge in [0.15, 0.2) is 0 Å². The van der Waals surface area contributed by atoms with Crippen molar-refractivity contribution in [2.24, 2.45) is 0 Å². The minimum absolute atomic E-state index is 0.345. The maximum Gasteiger partial charge on any atom is 0.325 e. The van der Waals surface area contributed by atoms with Crippen molar-refractivity contribution in [1.29, 1.82) is 0 Å².